The van der Waals surface area contributed by atoms with Crippen LogP contribution in [0.5, 0.6) is 0 Å². The SMILES string of the molecule is CNCCNC(=O)c1csc2ccccc12. The normalized spacial score (nSPS) is 10.6. The van der Waals surface area contributed by atoms with Crippen LogP contribution in [0.3, 0.4) is 0 Å². The zero-order valence-electron chi connectivity index (χ0n) is 9.12. The van der Waals surface area contributed by atoms with Crippen molar-refractivity contribution >= 4 is 27.3 Å². The van der Waals surface area contributed by atoms with E-state index in [0.717, 1.165) is 22.2 Å². The largest absolute Gasteiger partial charge is 0.351 e. The lowest BCUT2D eigenvalue weighted by atomic mass is 10.2. The molecule has 0 aliphatic carbocycles. The molecule has 1 aromatic heterocycles. The maximum absolute atomic E-state index is 11.9. The van der Waals surface area contributed by atoms with Gasteiger partial charge in [0.2, 0.25) is 0 Å². The zero-order valence-corrected chi connectivity index (χ0v) is 9.93. The van der Waals surface area contributed by atoms with Gasteiger partial charge >= 0.3 is 0 Å². The summed E-state index contributed by atoms with van der Waals surface area (Å²) in [4.78, 5) is 11.9. The molecule has 3 nitrogen and oxygen atoms in total. The van der Waals surface area contributed by atoms with Crippen LogP contribution in [0.25, 0.3) is 10.1 Å². The van der Waals surface area contributed by atoms with Crippen LogP contribution >= 0.6 is 11.3 Å². The van der Waals surface area contributed by atoms with Gasteiger partial charge in [-0.05, 0) is 13.1 Å². The monoisotopic (exact) mass is 234 g/mol. The fourth-order valence-corrected chi connectivity index (χ4v) is 2.49. The summed E-state index contributed by atoms with van der Waals surface area (Å²) >= 11 is 1.61. The summed E-state index contributed by atoms with van der Waals surface area (Å²) in [5, 5.41) is 8.83. The number of carbonyl (C=O) groups is 1. The highest BCUT2D eigenvalue weighted by molar-refractivity contribution is 7.17. The number of rotatable bonds is 4. The first-order valence-corrected chi connectivity index (χ1v) is 6.10. The number of amides is 1. The summed E-state index contributed by atoms with van der Waals surface area (Å²) in [7, 11) is 1.87. The Labute approximate surface area is 98.5 Å². The summed E-state index contributed by atoms with van der Waals surface area (Å²) < 4.78 is 1.15. The van der Waals surface area contributed by atoms with Gasteiger partial charge in [-0.15, -0.1) is 11.3 Å². The van der Waals surface area contributed by atoms with Gasteiger partial charge in [-0.1, -0.05) is 18.2 Å². The third-order valence-corrected chi connectivity index (χ3v) is 3.35. The van der Waals surface area contributed by atoms with Crippen LogP contribution in [0.1, 0.15) is 10.4 Å². The molecule has 0 saturated carbocycles. The molecule has 0 radical (unpaired) electrons. The van der Waals surface area contributed by atoms with Crippen molar-refractivity contribution in [2.75, 3.05) is 20.1 Å². The molecule has 0 spiro atoms. The Bertz CT molecular complexity index is 492. The average molecular weight is 234 g/mol. The number of fused-ring (bicyclic) bond motifs is 1. The maximum atomic E-state index is 11.9. The summed E-state index contributed by atoms with van der Waals surface area (Å²) in [6.07, 6.45) is 0. The molecule has 16 heavy (non-hydrogen) atoms. The van der Waals surface area contributed by atoms with E-state index < -0.39 is 0 Å². The second kappa shape index (κ2) is 5.09. The van der Waals surface area contributed by atoms with Crippen molar-refractivity contribution in [2.24, 2.45) is 0 Å². The number of hydrogen-bond acceptors (Lipinski definition) is 3. The van der Waals surface area contributed by atoms with E-state index in [2.05, 4.69) is 10.6 Å². The van der Waals surface area contributed by atoms with Gasteiger partial charge in [0.1, 0.15) is 0 Å². The first kappa shape index (κ1) is 11.1. The summed E-state index contributed by atoms with van der Waals surface area (Å²) in [5.74, 6) is 0.00713. The topological polar surface area (TPSA) is 41.1 Å². The Balaban J connectivity index is 2.17. The number of thiophene rings is 1. The minimum Gasteiger partial charge on any atom is -0.351 e. The molecule has 1 heterocycles. The highest BCUT2D eigenvalue weighted by atomic mass is 32.1. The molecule has 2 rings (SSSR count). The molecule has 0 saturated heterocycles. The van der Waals surface area contributed by atoms with Gasteiger partial charge in [-0.3, -0.25) is 4.79 Å². The number of hydrogen-bond donors (Lipinski definition) is 2. The summed E-state index contributed by atoms with van der Waals surface area (Å²) in [6, 6.07) is 7.96. The van der Waals surface area contributed by atoms with E-state index in [0.29, 0.717) is 6.54 Å². The molecular weight excluding hydrogens is 220 g/mol. The highest BCUT2D eigenvalue weighted by Gasteiger charge is 2.10. The van der Waals surface area contributed by atoms with Crippen LogP contribution in [0, 0.1) is 0 Å². The van der Waals surface area contributed by atoms with Crippen LogP contribution in [0.15, 0.2) is 29.6 Å². The molecule has 0 unspecified atom stereocenters. The van der Waals surface area contributed by atoms with Gasteiger partial charge in [0.05, 0.1) is 5.56 Å². The number of benzene rings is 1. The van der Waals surface area contributed by atoms with Gasteiger partial charge in [0.15, 0.2) is 0 Å². The van der Waals surface area contributed by atoms with E-state index in [4.69, 9.17) is 0 Å². The number of likely N-dealkylation sites (N-methyl/N-ethyl adjacent to an activating group) is 1. The minimum atomic E-state index is 0.00713. The first-order chi connectivity index (χ1) is 7.83. The van der Waals surface area contributed by atoms with E-state index in [1.807, 2.05) is 36.7 Å². The molecule has 2 N–H and O–H groups in total. The molecule has 0 aliphatic rings. The fourth-order valence-electron chi connectivity index (χ4n) is 1.55. The molecule has 1 amide bonds. The average Bonchev–Trinajstić information content (AvgIpc) is 2.73. The predicted molar refractivity (Wildman–Crippen MR) is 68.1 cm³/mol. The van der Waals surface area contributed by atoms with Gasteiger partial charge in [-0.2, -0.15) is 0 Å². The lowest BCUT2D eigenvalue weighted by Crippen LogP contribution is -2.30. The van der Waals surface area contributed by atoms with Crippen molar-refractivity contribution in [1.82, 2.24) is 10.6 Å². The van der Waals surface area contributed by atoms with Crippen LogP contribution in [-0.2, 0) is 0 Å². The standard InChI is InChI=1S/C12H14N2OS/c1-13-6-7-14-12(15)10-8-16-11-5-3-2-4-9(10)11/h2-5,8,13H,6-7H2,1H3,(H,14,15). The first-order valence-electron chi connectivity index (χ1n) is 5.22. The Morgan fingerprint density at radius 2 is 2.12 bits per heavy atom. The molecule has 84 valence electrons. The molecular formula is C12H14N2OS. The maximum Gasteiger partial charge on any atom is 0.252 e. The van der Waals surface area contributed by atoms with Crippen molar-refractivity contribution < 1.29 is 4.79 Å². The summed E-state index contributed by atoms with van der Waals surface area (Å²) in [6.45, 7) is 1.44. The smallest absolute Gasteiger partial charge is 0.252 e. The third kappa shape index (κ3) is 2.23. The van der Waals surface area contributed by atoms with Gasteiger partial charge in [-0.25, -0.2) is 0 Å². The molecule has 1 aromatic carbocycles. The predicted octanol–water partition coefficient (Wildman–Crippen LogP) is 1.85. The summed E-state index contributed by atoms with van der Waals surface area (Å²) in [5.41, 5.74) is 0.775. The quantitative estimate of drug-likeness (QED) is 0.793. The second-order valence-corrected chi connectivity index (χ2v) is 4.42. The van der Waals surface area contributed by atoms with E-state index in [1.54, 1.807) is 11.3 Å². The lowest BCUT2D eigenvalue weighted by Gasteiger charge is -2.03. The Morgan fingerprint density at radius 3 is 2.94 bits per heavy atom. The Hall–Kier alpha value is -1.39. The van der Waals surface area contributed by atoms with Crippen LogP contribution < -0.4 is 10.6 Å². The van der Waals surface area contributed by atoms with Gasteiger partial charge in [0, 0.05) is 28.6 Å². The minimum absolute atomic E-state index is 0.00713. The van der Waals surface area contributed by atoms with Gasteiger partial charge in [0.25, 0.3) is 5.91 Å². The van der Waals surface area contributed by atoms with Crippen molar-refractivity contribution in [3.05, 3.63) is 35.2 Å². The van der Waals surface area contributed by atoms with E-state index in [9.17, 15) is 4.79 Å². The third-order valence-electron chi connectivity index (χ3n) is 2.39. The van der Waals surface area contributed by atoms with E-state index >= 15 is 0 Å². The van der Waals surface area contributed by atoms with E-state index in [1.165, 1.54) is 0 Å². The fraction of sp³-hybridized carbons (Fsp3) is 0.250. The van der Waals surface area contributed by atoms with E-state index in [-0.39, 0.29) is 5.91 Å². The zero-order chi connectivity index (χ0) is 11.4. The van der Waals surface area contributed by atoms with Crippen molar-refractivity contribution in [3.63, 3.8) is 0 Å². The van der Waals surface area contributed by atoms with Crippen LogP contribution in [0.2, 0.25) is 0 Å². The second-order valence-electron chi connectivity index (χ2n) is 3.50. The molecule has 0 aliphatic heterocycles. The molecule has 4 heteroatoms. The Morgan fingerprint density at radius 1 is 1.31 bits per heavy atom. The molecule has 2 aromatic rings. The van der Waals surface area contributed by atoms with Crippen molar-refractivity contribution in [2.45, 2.75) is 0 Å². The molecule has 0 fully saturated rings. The highest BCUT2D eigenvalue weighted by Crippen LogP contribution is 2.25. The Kier molecular flexibility index (Phi) is 3.54. The number of carbonyl (C=O) groups excluding carboxylic acids is 1. The molecule has 0 bridgehead atoms. The van der Waals surface area contributed by atoms with Crippen molar-refractivity contribution in [1.29, 1.82) is 0 Å². The number of nitrogens with one attached hydrogen (secondary N) is 2. The van der Waals surface area contributed by atoms with Crippen LogP contribution in [-0.4, -0.2) is 26.0 Å². The molecule has 0 atom stereocenters. The van der Waals surface area contributed by atoms with Crippen molar-refractivity contribution in [3.8, 4) is 0 Å². The van der Waals surface area contributed by atoms with Crippen LogP contribution in [0.4, 0.5) is 0 Å². The lowest BCUT2D eigenvalue weighted by molar-refractivity contribution is 0.0956. The van der Waals surface area contributed by atoms with Gasteiger partial charge < -0.3 is 10.6 Å².